The Labute approximate surface area is 131 Å². The molecule has 0 fully saturated rings. The zero-order chi connectivity index (χ0) is 14.8. The van der Waals surface area contributed by atoms with Gasteiger partial charge in [0.05, 0.1) is 0 Å². The molecule has 0 aliphatic heterocycles. The molecule has 21 heavy (non-hydrogen) atoms. The van der Waals surface area contributed by atoms with Gasteiger partial charge in [0.2, 0.25) is 0 Å². The summed E-state index contributed by atoms with van der Waals surface area (Å²) in [4.78, 5) is 0. The summed E-state index contributed by atoms with van der Waals surface area (Å²) in [6.45, 7) is 0.361. The minimum absolute atomic E-state index is 0.307. The van der Waals surface area contributed by atoms with E-state index in [0.29, 0.717) is 18.2 Å². The number of aryl methyl sites for hydroxylation is 1. The molecule has 1 aliphatic rings. The van der Waals surface area contributed by atoms with E-state index in [0.717, 1.165) is 29.8 Å². The third-order valence-electron chi connectivity index (χ3n) is 3.99. The summed E-state index contributed by atoms with van der Waals surface area (Å²) in [7, 11) is 0. The van der Waals surface area contributed by atoms with Crippen LogP contribution in [0.3, 0.4) is 0 Å². The van der Waals surface area contributed by atoms with Crippen LogP contribution in [0.15, 0.2) is 40.9 Å². The first-order chi connectivity index (χ1) is 10.1. The van der Waals surface area contributed by atoms with Gasteiger partial charge in [-0.15, -0.1) is 0 Å². The number of halogens is 3. The molecule has 110 valence electrons. The van der Waals surface area contributed by atoms with Crippen molar-refractivity contribution in [2.75, 3.05) is 0 Å². The predicted octanol–water partition coefficient (Wildman–Crippen LogP) is 4.37. The van der Waals surface area contributed by atoms with E-state index in [1.807, 2.05) is 6.07 Å². The Balaban J connectivity index is 1.65. The van der Waals surface area contributed by atoms with Crippen molar-refractivity contribution in [3.63, 3.8) is 0 Å². The van der Waals surface area contributed by atoms with E-state index in [-0.39, 0.29) is 5.82 Å². The number of hydrogen-bond donors (Lipinski definition) is 1. The Bertz CT molecular complexity index is 657. The Morgan fingerprint density at radius 3 is 2.81 bits per heavy atom. The summed E-state index contributed by atoms with van der Waals surface area (Å²) < 4.78 is 27.9. The van der Waals surface area contributed by atoms with Gasteiger partial charge in [-0.1, -0.05) is 22.0 Å². The van der Waals surface area contributed by atoms with E-state index in [1.165, 1.54) is 23.3 Å². The lowest BCUT2D eigenvalue weighted by Gasteiger charge is -2.26. The summed E-state index contributed by atoms with van der Waals surface area (Å²) in [5.74, 6) is -0.754. The lowest BCUT2D eigenvalue weighted by atomic mass is 9.88. The van der Waals surface area contributed by atoms with Gasteiger partial charge >= 0.3 is 0 Å². The fraction of sp³-hybridized carbons (Fsp3) is 0.294. The van der Waals surface area contributed by atoms with Gasteiger partial charge in [-0.25, -0.2) is 8.78 Å². The van der Waals surface area contributed by atoms with Crippen LogP contribution in [0.5, 0.6) is 0 Å². The molecule has 0 saturated heterocycles. The van der Waals surface area contributed by atoms with Crippen LogP contribution in [0.4, 0.5) is 8.78 Å². The number of nitrogens with one attached hydrogen (secondary N) is 1. The number of benzene rings is 2. The molecule has 3 rings (SSSR count). The summed E-state index contributed by atoms with van der Waals surface area (Å²) in [5, 5.41) is 3.34. The molecule has 0 amide bonds. The maximum Gasteiger partial charge on any atom is 0.127 e. The van der Waals surface area contributed by atoms with Crippen molar-refractivity contribution in [1.82, 2.24) is 5.32 Å². The van der Waals surface area contributed by atoms with E-state index in [4.69, 9.17) is 0 Å². The number of hydrogen-bond acceptors (Lipinski definition) is 1. The molecule has 0 aromatic heterocycles. The van der Waals surface area contributed by atoms with E-state index < -0.39 is 5.82 Å². The van der Waals surface area contributed by atoms with Crippen molar-refractivity contribution in [3.05, 3.63) is 69.2 Å². The molecule has 0 bridgehead atoms. The Morgan fingerprint density at radius 2 is 1.95 bits per heavy atom. The molecule has 1 atom stereocenters. The average molecular weight is 352 g/mol. The summed E-state index contributed by atoms with van der Waals surface area (Å²) >= 11 is 3.49. The van der Waals surface area contributed by atoms with Gasteiger partial charge in [0.25, 0.3) is 0 Å². The molecule has 1 aliphatic carbocycles. The second-order valence-electron chi connectivity index (χ2n) is 5.47. The van der Waals surface area contributed by atoms with Gasteiger partial charge in [-0.3, -0.25) is 0 Å². The van der Waals surface area contributed by atoms with Crippen LogP contribution in [0, 0.1) is 11.6 Å². The standard InChI is InChI=1S/C17H16BrF2N/c18-14-3-1-12-9-16(5-2-11(12)7-14)21-10-13-8-15(19)4-6-17(13)20/h1,3-4,6-8,16,21H,2,5,9-10H2. The minimum atomic E-state index is -0.396. The molecular formula is C17H16BrF2N. The Kier molecular flexibility index (Phi) is 4.36. The summed E-state index contributed by atoms with van der Waals surface area (Å²) in [6.07, 6.45) is 2.96. The minimum Gasteiger partial charge on any atom is -0.309 e. The third kappa shape index (κ3) is 3.50. The molecule has 2 aromatic carbocycles. The van der Waals surface area contributed by atoms with Crippen LogP contribution >= 0.6 is 15.9 Å². The summed E-state index contributed by atoms with van der Waals surface area (Å²) in [6, 6.07) is 10.2. The second kappa shape index (κ2) is 6.24. The van der Waals surface area contributed by atoms with Gasteiger partial charge in [0.15, 0.2) is 0 Å². The first-order valence-corrected chi connectivity index (χ1v) is 7.86. The summed E-state index contributed by atoms with van der Waals surface area (Å²) in [5.41, 5.74) is 3.10. The van der Waals surface area contributed by atoms with Gasteiger partial charge in [-0.2, -0.15) is 0 Å². The molecule has 0 saturated carbocycles. The van der Waals surface area contributed by atoms with E-state index in [1.54, 1.807) is 0 Å². The second-order valence-corrected chi connectivity index (χ2v) is 6.39. The molecule has 0 spiro atoms. The average Bonchev–Trinajstić information content (AvgIpc) is 2.48. The van der Waals surface area contributed by atoms with Crippen LogP contribution in [0.25, 0.3) is 0 Å². The molecule has 2 aromatic rings. The maximum absolute atomic E-state index is 13.6. The fourth-order valence-corrected chi connectivity index (χ4v) is 3.24. The van der Waals surface area contributed by atoms with Crippen molar-refractivity contribution in [3.8, 4) is 0 Å². The van der Waals surface area contributed by atoms with Gasteiger partial charge in [-0.05, 0) is 60.7 Å². The van der Waals surface area contributed by atoms with Crippen molar-refractivity contribution in [2.45, 2.75) is 31.8 Å². The highest BCUT2D eigenvalue weighted by atomic mass is 79.9. The third-order valence-corrected chi connectivity index (χ3v) is 4.48. The Morgan fingerprint density at radius 1 is 1.10 bits per heavy atom. The number of fused-ring (bicyclic) bond motifs is 1. The largest absolute Gasteiger partial charge is 0.309 e. The Hall–Kier alpha value is -1.26. The van der Waals surface area contributed by atoms with Gasteiger partial charge in [0, 0.05) is 22.6 Å². The van der Waals surface area contributed by atoms with E-state index in [2.05, 4.69) is 33.4 Å². The molecule has 1 N–H and O–H groups in total. The fourth-order valence-electron chi connectivity index (χ4n) is 2.83. The van der Waals surface area contributed by atoms with Crippen molar-refractivity contribution in [2.24, 2.45) is 0 Å². The highest BCUT2D eigenvalue weighted by molar-refractivity contribution is 9.10. The molecule has 0 radical (unpaired) electrons. The van der Waals surface area contributed by atoms with Crippen LogP contribution in [0.1, 0.15) is 23.1 Å². The highest BCUT2D eigenvalue weighted by Crippen LogP contribution is 2.25. The van der Waals surface area contributed by atoms with Gasteiger partial charge < -0.3 is 5.32 Å². The SMILES string of the molecule is Fc1ccc(F)c(CNC2CCc3cc(Br)ccc3C2)c1. The van der Waals surface area contributed by atoms with Crippen LogP contribution in [-0.4, -0.2) is 6.04 Å². The molecule has 1 nitrogen and oxygen atoms in total. The maximum atomic E-state index is 13.6. The van der Waals surface area contributed by atoms with Crippen LogP contribution < -0.4 is 5.32 Å². The predicted molar refractivity (Wildman–Crippen MR) is 83.2 cm³/mol. The topological polar surface area (TPSA) is 12.0 Å². The zero-order valence-electron chi connectivity index (χ0n) is 11.5. The smallest absolute Gasteiger partial charge is 0.127 e. The van der Waals surface area contributed by atoms with Crippen molar-refractivity contribution < 1.29 is 8.78 Å². The zero-order valence-corrected chi connectivity index (χ0v) is 13.1. The molecular weight excluding hydrogens is 336 g/mol. The van der Waals surface area contributed by atoms with Gasteiger partial charge in [0.1, 0.15) is 11.6 Å². The van der Waals surface area contributed by atoms with Crippen LogP contribution in [0.2, 0.25) is 0 Å². The van der Waals surface area contributed by atoms with E-state index >= 15 is 0 Å². The lowest BCUT2D eigenvalue weighted by molar-refractivity contribution is 0.449. The first kappa shape index (κ1) is 14.7. The first-order valence-electron chi connectivity index (χ1n) is 7.06. The highest BCUT2D eigenvalue weighted by Gasteiger charge is 2.18. The van der Waals surface area contributed by atoms with Crippen molar-refractivity contribution >= 4 is 15.9 Å². The monoisotopic (exact) mass is 351 g/mol. The number of rotatable bonds is 3. The lowest BCUT2D eigenvalue weighted by Crippen LogP contribution is -2.34. The van der Waals surface area contributed by atoms with Crippen molar-refractivity contribution in [1.29, 1.82) is 0 Å². The molecule has 1 unspecified atom stereocenters. The van der Waals surface area contributed by atoms with Crippen LogP contribution in [-0.2, 0) is 19.4 Å². The normalized spacial score (nSPS) is 17.6. The molecule has 4 heteroatoms. The quantitative estimate of drug-likeness (QED) is 0.865. The molecule has 0 heterocycles. The van der Waals surface area contributed by atoms with E-state index in [9.17, 15) is 8.78 Å².